The number of allylic oxidation sites excluding steroid dienone is 5. The van der Waals surface area contributed by atoms with Gasteiger partial charge in [-0.25, -0.2) is 9.78 Å². The fourth-order valence-corrected chi connectivity index (χ4v) is 10.5. The number of benzene rings is 1. The Morgan fingerprint density at radius 2 is 1.79 bits per heavy atom. The molecule has 0 bridgehead atoms. The summed E-state index contributed by atoms with van der Waals surface area (Å²) in [5.41, 5.74) is 12.9. The zero-order valence-corrected chi connectivity index (χ0v) is 45.7. The maximum absolute atomic E-state index is 12.5. The molecule has 9 rings (SSSR count). The van der Waals surface area contributed by atoms with Crippen LogP contribution in [0.4, 0.5) is 23.9 Å². The molecular formula is C57H52F3N8O5RuS3. The summed E-state index contributed by atoms with van der Waals surface area (Å²) in [6.45, 7) is 2.57. The number of aromatic carboxylic acids is 1. The van der Waals surface area contributed by atoms with E-state index in [1.807, 2.05) is 47.9 Å². The number of thiocarbonyl (C=S) groups is 1. The number of rotatable bonds is 17. The predicted octanol–water partition coefficient (Wildman–Crippen LogP) is 16.3. The van der Waals surface area contributed by atoms with Crippen molar-refractivity contribution in [3.8, 4) is 33.3 Å². The van der Waals surface area contributed by atoms with Crippen LogP contribution in [0, 0.1) is 11.3 Å². The molecule has 2 atom stereocenters. The number of nitrogens with one attached hydrogen (secondary N) is 2. The second kappa shape index (κ2) is 28.4. The van der Waals surface area contributed by atoms with Crippen LogP contribution >= 0.6 is 34.9 Å². The molecule has 2 unspecified atom stereocenters. The van der Waals surface area contributed by atoms with Gasteiger partial charge in [0.25, 0.3) is 0 Å². The van der Waals surface area contributed by atoms with Gasteiger partial charge in [-0.05, 0) is 134 Å². The van der Waals surface area contributed by atoms with E-state index in [-0.39, 0.29) is 42.9 Å². The van der Waals surface area contributed by atoms with Crippen molar-refractivity contribution in [3.63, 3.8) is 0 Å². The summed E-state index contributed by atoms with van der Waals surface area (Å²) in [6, 6.07) is 26.3. The van der Waals surface area contributed by atoms with Crippen molar-refractivity contribution in [2.45, 2.75) is 76.9 Å². The molecule has 0 saturated carbocycles. The maximum atomic E-state index is 12.5. The van der Waals surface area contributed by atoms with E-state index in [0.29, 0.717) is 41.9 Å². The number of nitrogens with zero attached hydrogens (tertiary/aromatic N) is 6. The number of halogens is 3. The summed E-state index contributed by atoms with van der Waals surface area (Å²) in [4.78, 5) is 41.4. The van der Waals surface area contributed by atoms with E-state index in [9.17, 15) is 33.0 Å². The first-order valence-corrected chi connectivity index (χ1v) is 26.4. The van der Waals surface area contributed by atoms with Crippen LogP contribution in [-0.4, -0.2) is 68.0 Å². The quantitative estimate of drug-likeness (QED) is 0.0342. The van der Waals surface area contributed by atoms with Crippen molar-refractivity contribution in [1.29, 1.82) is 5.41 Å². The van der Waals surface area contributed by atoms with Gasteiger partial charge in [0.1, 0.15) is 22.2 Å². The third-order valence-corrected chi connectivity index (χ3v) is 14.4. The molecule has 397 valence electrons. The molecule has 77 heavy (non-hydrogen) atoms. The SMILES string of the molecule is CCCCCCc1ccsc1C1=CC[N-]C(/C([NH-])=C/C(=N)C(F)(F)F)C1.O=C(O)c1cc(C2=CC(C(=O)O)CC=N2)nc(-c2cc(-c3ccc(-c4ccc(N(C5=CC=CCC5)c5ccccc5)s4)o3)ccn2)c1.[N-]=C=S.[Ru+3]. The van der Waals surface area contributed by atoms with Crippen LogP contribution in [0.5, 0.6) is 0 Å². The van der Waals surface area contributed by atoms with Gasteiger partial charge >= 0.3 is 37.6 Å². The molecular weight excluding hydrogens is 1130 g/mol. The number of alkyl halides is 3. The summed E-state index contributed by atoms with van der Waals surface area (Å²) >= 11 is 6.99. The molecule has 4 N–H and O–H groups in total. The average molecular weight is 1180 g/mol. The second-order valence-corrected chi connectivity index (χ2v) is 19.7. The summed E-state index contributed by atoms with van der Waals surface area (Å²) in [6.07, 6.45) is 17.3. The van der Waals surface area contributed by atoms with Gasteiger partial charge in [0.15, 0.2) is 0 Å². The van der Waals surface area contributed by atoms with Crippen molar-refractivity contribution >= 4 is 85.9 Å². The number of unbranched alkanes of at least 4 members (excludes halogenated alkanes) is 3. The van der Waals surface area contributed by atoms with E-state index >= 15 is 0 Å². The molecule has 0 amide bonds. The van der Waals surface area contributed by atoms with Gasteiger partial charge in [-0.2, -0.15) is 24.0 Å². The topological polar surface area (TPSA) is 213 Å². The van der Waals surface area contributed by atoms with Gasteiger partial charge < -0.3 is 36.0 Å². The predicted molar refractivity (Wildman–Crippen MR) is 302 cm³/mol. The summed E-state index contributed by atoms with van der Waals surface area (Å²) in [7, 11) is 0. The molecule has 13 nitrogen and oxygen atoms in total. The molecule has 3 aliphatic rings. The van der Waals surface area contributed by atoms with Crippen molar-refractivity contribution in [2.75, 3.05) is 11.4 Å². The molecule has 6 aromatic rings. The number of carboxylic acid groups (broad SMARTS) is 2. The maximum Gasteiger partial charge on any atom is 3.00 e. The van der Waals surface area contributed by atoms with Gasteiger partial charge in [-0.3, -0.25) is 20.2 Å². The number of pyridine rings is 2. The Labute approximate surface area is 470 Å². The minimum absolute atomic E-state index is 0. The Morgan fingerprint density at radius 3 is 2.51 bits per heavy atom. The number of aromatic nitrogens is 2. The third kappa shape index (κ3) is 16.0. The van der Waals surface area contributed by atoms with E-state index in [4.69, 9.17) is 21.0 Å². The first kappa shape index (κ1) is 59.2. The van der Waals surface area contributed by atoms with Crippen LogP contribution in [0.3, 0.4) is 0 Å². The van der Waals surface area contributed by atoms with E-state index in [1.165, 1.54) is 65.0 Å². The number of hydrogen-bond donors (Lipinski definition) is 3. The molecule has 0 saturated heterocycles. The van der Waals surface area contributed by atoms with Crippen molar-refractivity contribution in [3.05, 3.63) is 183 Å². The summed E-state index contributed by atoms with van der Waals surface area (Å²) < 4.78 is 43.9. The van der Waals surface area contributed by atoms with Crippen LogP contribution < -0.4 is 4.90 Å². The van der Waals surface area contributed by atoms with E-state index in [2.05, 4.69) is 92.9 Å². The van der Waals surface area contributed by atoms with Crippen molar-refractivity contribution in [1.82, 2.24) is 9.97 Å². The fourth-order valence-electron chi connectivity index (χ4n) is 8.45. The number of anilines is 2. The Morgan fingerprint density at radius 1 is 1.03 bits per heavy atom. The van der Waals surface area contributed by atoms with E-state index in [1.54, 1.807) is 34.9 Å². The fraction of sp³-hybridized carbons (Fsp3) is 0.246. The number of carboxylic acids is 2. The Bertz CT molecular complexity index is 3260. The number of aliphatic carboxylic acids is 1. The molecule has 7 heterocycles. The van der Waals surface area contributed by atoms with Gasteiger partial charge in [-0.15, -0.1) is 41.3 Å². The van der Waals surface area contributed by atoms with Gasteiger partial charge in [0.2, 0.25) is 0 Å². The molecule has 1 radical (unpaired) electrons. The number of isothiocyanates is 1. The number of thiophene rings is 2. The first-order valence-electron chi connectivity index (χ1n) is 24.3. The van der Waals surface area contributed by atoms with Gasteiger partial charge in [0, 0.05) is 34.2 Å². The molecule has 5 aromatic heterocycles. The molecule has 0 fully saturated rings. The van der Waals surface area contributed by atoms with E-state index in [0.717, 1.165) is 58.1 Å². The number of hydrogen-bond acceptors (Lipinski definition) is 11. The monoisotopic (exact) mass is 1180 g/mol. The molecule has 20 heteroatoms. The molecule has 0 spiro atoms. The van der Waals surface area contributed by atoms with Crippen molar-refractivity contribution in [2.24, 2.45) is 10.9 Å². The summed E-state index contributed by atoms with van der Waals surface area (Å²) in [5, 5.41) is 42.2. The number of aryl methyl sites for hydroxylation is 1. The zero-order valence-electron chi connectivity index (χ0n) is 41.5. The minimum Gasteiger partial charge on any atom is -0.753 e. The normalized spacial score (nSPS) is 15.9. The minimum atomic E-state index is -4.72. The van der Waals surface area contributed by atoms with Crippen LogP contribution in [0.15, 0.2) is 154 Å². The van der Waals surface area contributed by atoms with Crippen LogP contribution in [-0.2, 0) is 30.7 Å². The first-order chi connectivity index (χ1) is 36.7. The van der Waals surface area contributed by atoms with Gasteiger partial charge in [-0.1, -0.05) is 74.8 Å². The Balaban J connectivity index is 0.000000272. The Hall–Kier alpha value is -7.05. The van der Waals surface area contributed by atoms with Crippen molar-refractivity contribution < 1.29 is 56.9 Å². The van der Waals surface area contributed by atoms with E-state index < -0.39 is 35.8 Å². The number of furan rings is 1. The number of carbonyl (C=O) groups is 2. The second-order valence-electron chi connectivity index (χ2n) is 17.5. The summed E-state index contributed by atoms with van der Waals surface area (Å²) in [5.74, 6) is -1.55. The average Bonchev–Trinajstić information content (AvgIpc) is 4.24. The molecule has 1 aliphatic carbocycles. The smallest absolute Gasteiger partial charge is 0.753 e. The molecule has 2 aliphatic heterocycles. The van der Waals surface area contributed by atoms with Crippen LogP contribution in [0.2, 0.25) is 0 Å². The number of para-hydroxylation sites is 1. The van der Waals surface area contributed by atoms with Gasteiger partial charge in [0.05, 0.1) is 39.1 Å². The third-order valence-electron chi connectivity index (χ3n) is 12.2. The Kier molecular flexibility index (Phi) is 21.8. The molecule has 1 aromatic carbocycles. The largest absolute Gasteiger partial charge is 3.00 e. The zero-order chi connectivity index (χ0) is 54.2. The standard InChI is InChI=1S/C37H28N4O5S.C19H24F3N3S.CNS.Ru/c42-36(43)24-16-18-39-29(20-24)31-22-25(37(44)45)21-30(40-31)28-19-23(15-17-38-28)32-11-12-33(46-32)34-13-14-35(47-34)41(26-7-3-1-4-8-26)27-9-5-2-6-10-27;1-2-3-4-5-6-13-8-10-26-18(13)14-7-9-25-16(11-14)15(23)12-17(24)19(20,21)22;2-1-3;/h1-5,7-9,11-15,17-22,24H,6,10,16H2,(H,42,43)(H,44,45);7-8,10,12,16,23-24H,2-6,9,11H2,1H3;;/q;-2;-1;+3/b;15-12-,24-17?;;. The van der Waals surface area contributed by atoms with Crippen LogP contribution in [0.1, 0.15) is 84.8 Å². The van der Waals surface area contributed by atoms with Crippen LogP contribution in [0.25, 0.3) is 61.1 Å². The number of aliphatic imine (C=N–C) groups is 1.